The van der Waals surface area contributed by atoms with Crippen molar-refractivity contribution in [2.24, 2.45) is 0 Å². The predicted molar refractivity (Wildman–Crippen MR) is 71.4 cm³/mol. The highest BCUT2D eigenvalue weighted by Gasteiger charge is 2.19. The molecule has 0 aromatic carbocycles. The Hall–Kier alpha value is -1.64. The third-order valence-electron chi connectivity index (χ3n) is 1.72. The third kappa shape index (κ3) is 11.9. The van der Waals surface area contributed by atoms with Crippen LogP contribution in [0.15, 0.2) is 12.2 Å². The van der Waals surface area contributed by atoms with Crippen LogP contribution in [0.1, 0.15) is 27.7 Å². The standard InChI is InChI=1S/C13H22O8/c1-9(2)11(14)18-7-6-17-10(8-19-12(15)16)20-21-13(3,4)5/h10H,1,6-8H2,2-5H3,(H,15,16). The molecule has 0 saturated heterocycles. The number of rotatable bonds is 9. The fraction of sp³-hybridized carbons (Fsp3) is 0.692. The van der Waals surface area contributed by atoms with Crippen molar-refractivity contribution in [2.45, 2.75) is 39.6 Å². The SMILES string of the molecule is C=C(C)C(=O)OCCOC(COC(=O)O)OOC(C)(C)C. The van der Waals surface area contributed by atoms with Gasteiger partial charge in [-0.2, -0.15) is 0 Å². The Labute approximate surface area is 123 Å². The van der Waals surface area contributed by atoms with E-state index in [1.807, 2.05) is 0 Å². The van der Waals surface area contributed by atoms with Gasteiger partial charge in [0, 0.05) is 5.57 Å². The molecule has 0 aromatic heterocycles. The molecule has 0 rings (SSSR count). The summed E-state index contributed by atoms with van der Waals surface area (Å²) in [6.45, 7) is 9.77. The smallest absolute Gasteiger partial charge is 0.460 e. The first-order valence-corrected chi connectivity index (χ1v) is 6.26. The predicted octanol–water partition coefficient (Wildman–Crippen LogP) is 1.89. The van der Waals surface area contributed by atoms with E-state index >= 15 is 0 Å². The number of carboxylic acid groups (broad SMARTS) is 1. The van der Waals surface area contributed by atoms with Crippen molar-refractivity contribution in [3.8, 4) is 0 Å². The molecule has 0 bridgehead atoms. The number of carbonyl (C=O) groups excluding carboxylic acids is 1. The summed E-state index contributed by atoms with van der Waals surface area (Å²) in [6.07, 6.45) is -2.53. The van der Waals surface area contributed by atoms with Gasteiger partial charge in [-0.1, -0.05) is 6.58 Å². The second-order valence-electron chi connectivity index (χ2n) is 5.09. The molecule has 0 spiro atoms. The molecule has 0 fully saturated rings. The van der Waals surface area contributed by atoms with E-state index in [2.05, 4.69) is 11.3 Å². The van der Waals surface area contributed by atoms with Crippen LogP contribution in [0, 0.1) is 0 Å². The maximum atomic E-state index is 11.1. The lowest BCUT2D eigenvalue weighted by molar-refractivity contribution is -0.419. The number of ether oxygens (including phenoxy) is 3. The van der Waals surface area contributed by atoms with Gasteiger partial charge in [0.05, 0.1) is 12.2 Å². The summed E-state index contributed by atoms with van der Waals surface area (Å²) in [5, 5.41) is 8.44. The van der Waals surface area contributed by atoms with Gasteiger partial charge >= 0.3 is 12.1 Å². The zero-order chi connectivity index (χ0) is 16.5. The average molecular weight is 306 g/mol. The monoisotopic (exact) mass is 306 g/mol. The molecule has 0 heterocycles. The molecule has 8 nitrogen and oxygen atoms in total. The van der Waals surface area contributed by atoms with Crippen molar-refractivity contribution < 1.29 is 38.7 Å². The summed E-state index contributed by atoms with van der Waals surface area (Å²) >= 11 is 0. The van der Waals surface area contributed by atoms with Crippen LogP contribution in [-0.2, 0) is 28.8 Å². The van der Waals surface area contributed by atoms with Gasteiger partial charge in [-0.15, -0.1) is 0 Å². The van der Waals surface area contributed by atoms with E-state index in [1.165, 1.54) is 6.92 Å². The minimum absolute atomic E-state index is 0.0137. The summed E-state index contributed by atoms with van der Waals surface area (Å²) in [4.78, 5) is 31.4. The van der Waals surface area contributed by atoms with E-state index in [9.17, 15) is 9.59 Å². The van der Waals surface area contributed by atoms with Crippen molar-refractivity contribution in [1.82, 2.24) is 0 Å². The first-order chi connectivity index (χ1) is 9.61. The summed E-state index contributed by atoms with van der Waals surface area (Å²) in [6, 6.07) is 0. The normalized spacial score (nSPS) is 12.6. The van der Waals surface area contributed by atoms with E-state index in [4.69, 9.17) is 24.4 Å². The van der Waals surface area contributed by atoms with Crippen molar-refractivity contribution >= 4 is 12.1 Å². The number of carbonyl (C=O) groups is 2. The molecule has 1 N–H and O–H groups in total. The van der Waals surface area contributed by atoms with Crippen LogP contribution >= 0.6 is 0 Å². The Bertz CT molecular complexity index is 358. The molecule has 0 radical (unpaired) electrons. The first kappa shape index (κ1) is 19.4. The second kappa shape index (κ2) is 9.32. The summed E-state index contributed by atoms with van der Waals surface area (Å²) in [5.74, 6) is -0.538. The molecule has 8 heteroatoms. The van der Waals surface area contributed by atoms with Crippen LogP contribution in [0.25, 0.3) is 0 Å². The van der Waals surface area contributed by atoms with Crippen molar-refractivity contribution in [2.75, 3.05) is 19.8 Å². The van der Waals surface area contributed by atoms with Gasteiger partial charge in [-0.05, 0) is 27.7 Å². The van der Waals surface area contributed by atoms with Crippen LogP contribution < -0.4 is 0 Å². The van der Waals surface area contributed by atoms with Crippen LogP contribution in [0.3, 0.4) is 0 Å². The zero-order valence-electron chi connectivity index (χ0n) is 12.7. The highest BCUT2D eigenvalue weighted by Crippen LogP contribution is 2.10. The molecule has 0 aliphatic carbocycles. The van der Waals surface area contributed by atoms with Gasteiger partial charge in [0.25, 0.3) is 0 Å². The van der Waals surface area contributed by atoms with Gasteiger partial charge in [0.1, 0.15) is 13.2 Å². The summed E-state index contributed by atoms with van der Waals surface area (Å²) < 4.78 is 14.3. The van der Waals surface area contributed by atoms with Gasteiger partial charge in [-0.3, -0.25) is 0 Å². The Morgan fingerprint density at radius 3 is 2.29 bits per heavy atom. The molecule has 0 amide bonds. The van der Waals surface area contributed by atoms with Crippen LogP contribution in [0.2, 0.25) is 0 Å². The van der Waals surface area contributed by atoms with Crippen LogP contribution in [-0.4, -0.2) is 48.9 Å². The molecular weight excluding hydrogens is 284 g/mol. The molecule has 0 aliphatic heterocycles. The number of esters is 1. The molecule has 21 heavy (non-hydrogen) atoms. The lowest BCUT2D eigenvalue weighted by Gasteiger charge is -2.22. The Kier molecular flexibility index (Phi) is 8.60. The highest BCUT2D eigenvalue weighted by atomic mass is 17.2. The quantitative estimate of drug-likeness (QED) is 0.172. The molecular formula is C13H22O8. The molecule has 0 saturated carbocycles. The molecule has 122 valence electrons. The zero-order valence-corrected chi connectivity index (χ0v) is 12.7. The minimum Gasteiger partial charge on any atom is -0.460 e. The Morgan fingerprint density at radius 2 is 1.81 bits per heavy atom. The Morgan fingerprint density at radius 1 is 1.19 bits per heavy atom. The molecule has 0 aliphatic rings. The molecule has 1 atom stereocenters. The summed E-state index contributed by atoms with van der Waals surface area (Å²) in [7, 11) is 0. The fourth-order valence-electron chi connectivity index (χ4n) is 0.878. The van der Waals surface area contributed by atoms with Crippen molar-refractivity contribution in [3.05, 3.63) is 12.2 Å². The fourth-order valence-corrected chi connectivity index (χ4v) is 0.878. The van der Waals surface area contributed by atoms with E-state index in [1.54, 1.807) is 20.8 Å². The van der Waals surface area contributed by atoms with Gasteiger partial charge < -0.3 is 19.3 Å². The Balaban J connectivity index is 4.11. The topological polar surface area (TPSA) is 101 Å². The second-order valence-corrected chi connectivity index (χ2v) is 5.09. The van der Waals surface area contributed by atoms with Crippen LogP contribution in [0.5, 0.6) is 0 Å². The number of hydrogen-bond acceptors (Lipinski definition) is 7. The minimum atomic E-state index is -1.46. The van der Waals surface area contributed by atoms with E-state index < -0.39 is 24.0 Å². The third-order valence-corrected chi connectivity index (χ3v) is 1.72. The molecule has 1 unspecified atom stereocenters. The summed E-state index contributed by atoms with van der Waals surface area (Å²) in [5.41, 5.74) is -0.329. The lowest BCUT2D eigenvalue weighted by atomic mass is 10.2. The average Bonchev–Trinajstić information content (AvgIpc) is 2.34. The molecule has 0 aromatic rings. The maximum absolute atomic E-state index is 11.1. The number of hydrogen-bond donors (Lipinski definition) is 1. The van der Waals surface area contributed by atoms with E-state index in [0.717, 1.165) is 0 Å². The largest absolute Gasteiger partial charge is 0.505 e. The van der Waals surface area contributed by atoms with Gasteiger partial charge in [-0.25, -0.2) is 19.4 Å². The first-order valence-electron chi connectivity index (χ1n) is 6.26. The van der Waals surface area contributed by atoms with Crippen molar-refractivity contribution in [3.63, 3.8) is 0 Å². The van der Waals surface area contributed by atoms with Gasteiger partial charge in [0.15, 0.2) is 0 Å². The lowest BCUT2D eigenvalue weighted by Crippen LogP contribution is -2.31. The van der Waals surface area contributed by atoms with Gasteiger partial charge in [0.2, 0.25) is 6.29 Å². The van der Waals surface area contributed by atoms with E-state index in [0.29, 0.717) is 0 Å². The highest BCUT2D eigenvalue weighted by molar-refractivity contribution is 5.86. The van der Waals surface area contributed by atoms with Crippen molar-refractivity contribution in [1.29, 1.82) is 0 Å². The van der Waals surface area contributed by atoms with E-state index in [-0.39, 0.29) is 25.4 Å². The maximum Gasteiger partial charge on any atom is 0.505 e. The van der Waals surface area contributed by atoms with Crippen LogP contribution in [0.4, 0.5) is 4.79 Å².